The minimum atomic E-state index is -2.49. The van der Waals surface area contributed by atoms with Crippen LogP contribution in [-0.2, 0) is 10.5 Å². The third kappa shape index (κ3) is 4.45. The number of amides is 1. The van der Waals surface area contributed by atoms with Gasteiger partial charge < -0.3 is 14.8 Å². The lowest BCUT2D eigenvalue weighted by molar-refractivity contribution is -0.141. The highest BCUT2D eigenvalue weighted by atomic mass is 32.2. The maximum atomic E-state index is 12.1. The standard InChI is InChI=1S/C13H15F2NO4S/c14-13(15)21-6-9-3-4-10(20-9)11(17)16-8-2-1-7(5-8)12(18)19/h3-4,7-8,13H,1-2,5-6H2,(H,16,17)(H,18,19). The van der Waals surface area contributed by atoms with Gasteiger partial charge in [-0.05, 0) is 31.4 Å². The quantitative estimate of drug-likeness (QED) is 0.843. The number of thioether (sulfide) groups is 1. The van der Waals surface area contributed by atoms with Gasteiger partial charge in [-0.15, -0.1) is 0 Å². The van der Waals surface area contributed by atoms with Crippen LogP contribution in [0.3, 0.4) is 0 Å². The van der Waals surface area contributed by atoms with Crippen LogP contribution in [0.1, 0.15) is 35.6 Å². The molecule has 0 bridgehead atoms. The Morgan fingerprint density at radius 3 is 2.81 bits per heavy atom. The number of carboxylic acids is 1. The lowest BCUT2D eigenvalue weighted by Crippen LogP contribution is -2.33. The van der Waals surface area contributed by atoms with Crippen LogP contribution in [0.4, 0.5) is 8.78 Å². The average Bonchev–Trinajstić information content (AvgIpc) is 3.04. The molecule has 1 amide bonds. The molecule has 1 saturated carbocycles. The zero-order chi connectivity index (χ0) is 15.4. The van der Waals surface area contributed by atoms with Crippen LogP contribution in [0, 0.1) is 5.92 Å². The summed E-state index contributed by atoms with van der Waals surface area (Å²) in [5.41, 5.74) is 0. The molecule has 116 valence electrons. The van der Waals surface area contributed by atoms with Crippen LogP contribution in [0.2, 0.25) is 0 Å². The van der Waals surface area contributed by atoms with Crippen molar-refractivity contribution in [1.82, 2.24) is 5.32 Å². The van der Waals surface area contributed by atoms with Crippen molar-refractivity contribution in [3.8, 4) is 0 Å². The van der Waals surface area contributed by atoms with Crippen molar-refractivity contribution in [1.29, 1.82) is 0 Å². The fraction of sp³-hybridized carbons (Fsp3) is 0.538. The summed E-state index contributed by atoms with van der Waals surface area (Å²) < 4.78 is 29.3. The van der Waals surface area contributed by atoms with E-state index in [0.29, 0.717) is 36.8 Å². The maximum Gasteiger partial charge on any atom is 0.306 e. The summed E-state index contributed by atoms with van der Waals surface area (Å²) in [5.74, 6) is -3.85. The first-order valence-corrected chi connectivity index (χ1v) is 7.52. The van der Waals surface area contributed by atoms with Gasteiger partial charge >= 0.3 is 5.97 Å². The van der Waals surface area contributed by atoms with Crippen molar-refractivity contribution in [3.05, 3.63) is 23.7 Å². The second kappa shape index (κ2) is 6.93. The largest absolute Gasteiger partial charge is 0.481 e. The molecule has 1 aliphatic rings. The Hall–Kier alpha value is -1.57. The number of aliphatic carboxylic acids is 1. The fourth-order valence-electron chi connectivity index (χ4n) is 2.32. The predicted molar refractivity (Wildman–Crippen MR) is 72.2 cm³/mol. The van der Waals surface area contributed by atoms with Crippen molar-refractivity contribution >= 4 is 23.6 Å². The van der Waals surface area contributed by atoms with E-state index in [1.165, 1.54) is 12.1 Å². The monoisotopic (exact) mass is 319 g/mol. The lowest BCUT2D eigenvalue weighted by Gasteiger charge is -2.10. The molecule has 0 radical (unpaired) electrons. The highest BCUT2D eigenvalue weighted by Gasteiger charge is 2.31. The highest BCUT2D eigenvalue weighted by molar-refractivity contribution is 7.98. The Bertz CT molecular complexity index is 520. The second-order valence-electron chi connectivity index (χ2n) is 4.86. The molecule has 8 heteroatoms. The molecule has 1 fully saturated rings. The lowest BCUT2D eigenvalue weighted by atomic mass is 10.1. The molecule has 5 nitrogen and oxygen atoms in total. The maximum absolute atomic E-state index is 12.1. The Kier molecular flexibility index (Phi) is 5.22. The minimum absolute atomic E-state index is 0.00450. The number of hydrogen-bond acceptors (Lipinski definition) is 4. The molecule has 2 rings (SSSR count). The molecule has 1 heterocycles. The minimum Gasteiger partial charge on any atom is -0.481 e. The number of furan rings is 1. The zero-order valence-electron chi connectivity index (χ0n) is 11.1. The number of carbonyl (C=O) groups excluding carboxylic acids is 1. The number of halogens is 2. The molecule has 0 saturated heterocycles. The van der Waals surface area contributed by atoms with E-state index in [-0.39, 0.29) is 17.6 Å². The first-order valence-electron chi connectivity index (χ1n) is 6.48. The van der Waals surface area contributed by atoms with Crippen molar-refractivity contribution in [2.45, 2.75) is 36.8 Å². The van der Waals surface area contributed by atoms with Crippen LogP contribution in [0.5, 0.6) is 0 Å². The van der Waals surface area contributed by atoms with Gasteiger partial charge in [0.05, 0.1) is 11.7 Å². The average molecular weight is 319 g/mol. The van der Waals surface area contributed by atoms with E-state index < -0.39 is 23.6 Å². The van der Waals surface area contributed by atoms with Crippen molar-refractivity contribution < 1.29 is 27.9 Å². The summed E-state index contributed by atoms with van der Waals surface area (Å²) in [4.78, 5) is 22.8. The number of hydrogen-bond donors (Lipinski definition) is 2. The number of carboxylic acid groups (broad SMARTS) is 1. The van der Waals surface area contributed by atoms with Crippen LogP contribution < -0.4 is 5.32 Å². The molecular weight excluding hydrogens is 304 g/mol. The molecule has 0 aromatic carbocycles. The molecule has 21 heavy (non-hydrogen) atoms. The molecule has 1 aliphatic carbocycles. The molecular formula is C13H15F2NO4S. The van der Waals surface area contributed by atoms with Gasteiger partial charge in [-0.3, -0.25) is 9.59 Å². The summed E-state index contributed by atoms with van der Waals surface area (Å²) >= 11 is 0.422. The Morgan fingerprint density at radius 2 is 2.19 bits per heavy atom. The topological polar surface area (TPSA) is 79.5 Å². The van der Waals surface area contributed by atoms with E-state index in [9.17, 15) is 18.4 Å². The fourth-order valence-corrected chi connectivity index (χ4v) is 2.76. The third-order valence-electron chi connectivity index (χ3n) is 3.35. The van der Waals surface area contributed by atoms with E-state index in [0.717, 1.165) is 0 Å². The van der Waals surface area contributed by atoms with E-state index in [2.05, 4.69) is 5.32 Å². The molecule has 1 aromatic heterocycles. The summed E-state index contributed by atoms with van der Waals surface area (Å²) in [6, 6.07) is 2.72. The Morgan fingerprint density at radius 1 is 1.43 bits per heavy atom. The SMILES string of the molecule is O=C(NC1CCC(C(=O)O)C1)c1ccc(CSC(F)F)o1. The highest BCUT2D eigenvalue weighted by Crippen LogP contribution is 2.26. The molecule has 1 aromatic rings. The first-order chi connectivity index (χ1) is 9.95. The number of nitrogens with one attached hydrogen (secondary N) is 1. The van der Waals surface area contributed by atoms with Gasteiger partial charge in [0.1, 0.15) is 5.76 Å². The van der Waals surface area contributed by atoms with Crippen LogP contribution in [0.15, 0.2) is 16.5 Å². The summed E-state index contributed by atoms with van der Waals surface area (Å²) in [5, 5.41) is 11.6. The molecule has 2 N–H and O–H groups in total. The number of alkyl halides is 2. The zero-order valence-corrected chi connectivity index (χ0v) is 11.9. The van der Waals surface area contributed by atoms with Gasteiger partial charge in [-0.25, -0.2) is 0 Å². The summed E-state index contributed by atoms with van der Waals surface area (Å²) in [6.45, 7) is 0. The summed E-state index contributed by atoms with van der Waals surface area (Å²) in [7, 11) is 0. The first kappa shape index (κ1) is 15.8. The van der Waals surface area contributed by atoms with Gasteiger partial charge in [0.2, 0.25) is 0 Å². The van der Waals surface area contributed by atoms with Gasteiger partial charge in [-0.2, -0.15) is 8.78 Å². The Balaban J connectivity index is 1.85. The van der Waals surface area contributed by atoms with E-state index in [1.807, 2.05) is 0 Å². The van der Waals surface area contributed by atoms with Crippen LogP contribution >= 0.6 is 11.8 Å². The van der Waals surface area contributed by atoms with Gasteiger partial charge in [0.25, 0.3) is 11.7 Å². The molecule has 2 atom stereocenters. The normalized spacial score (nSPS) is 21.7. The van der Waals surface area contributed by atoms with E-state index in [4.69, 9.17) is 9.52 Å². The van der Waals surface area contributed by atoms with Crippen LogP contribution in [0.25, 0.3) is 0 Å². The molecule has 2 unspecified atom stereocenters. The van der Waals surface area contributed by atoms with E-state index >= 15 is 0 Å². The van der Waals surface area contributed by atoms with Crippen molar-refractivity contribution in [2.24, 2.45) is 5.92 Å². The molecule has 0 spiro atoms. The van der Waals surface area contributed by atoms with Gasteiger partial charge in [-0.1, -0.05) is 11.8 Å². The smallest absolute Gasteiger partial charge is 0.306 e. The second-order valence-corrected chi connectivity index (χ2v) is 5.83. The number of rotatable bonds is 6. The predicted octanol–water partition coefficient (Wildman–Crippen LogP) is 2.72. The van der Waals surface area contributed by atoms with E-state index in [1.54, 1.807) is 0 Å². The van der Waals surface area contributed by atoms with Crippen LogP contribution in [-0.4, -0.2) is 28.8 Å². The van der Waals surface area contributed by atoms with Gasteiger partial charge in [0.15, 0.2) is 5.76 Å². The molecule has 0 aliphatic heterocycles. The van der Waals surface area contributed by atoms with Crippen molar-refractivity contribution in [3.63, 3.8) is 0 Å². The third-order valence-corrected chi connectivity index (χ3v) is 4.06. The van der Waals surface area contributed by atoms with Gasteiger partial charge in [0, 0.05) is 6.04 Å². The number of carbonyl (C=O) groups is 2. The van der Waals surface area contributed by atoms with Crippen molar-refractivity contribution in [2.75, 3.05) is 0 Å². The Labute approximate surface area is 124 Å². The summed E-state index contributed by atoms with van der Waals surface area (Å²) in [6.07, 6.45) is 1.54.